The number of hydrogen-bond donors (Lipinski definition) is 0. The Morgan fingerprint density at radius 1 is 0.731 bits per heavy atom. The van der Waals surface area contributed by atoms with Crippen molar-refractivity contribution in [2.45, 2.75) is 0 Å². The molecule has 5 heteroatoms. The van der Waals surface area contributed by atoms with Gasteiger partial charge in [-0.1, -0.05) is 89.5 Å². The number of ketones is 1. The molecule has 2 aromatic carbocycles. The third-order valence-corrected chi connectivity index (χ3v) is 9.26. The minimum atomic E-state index is 0.130. The molecule has 5 rings (SSSR count). The molecule has 0 fully saturated rings. The van der Waals surface area contributed by atoms with Gasteiger partial charge in [0.05, 0.1) is 8.47 Å². The van der Waals surface area contributed by atoms with Gasteiger partial charge in [-0.2, -0.15) is 0 Å². The molecule has 0 atom stereocenters. The highest BCUT2D eigenvalue weighted by Crippen LogP contribution is 2.53. The van der Waals surface area contributed by atoms with Crippen LogP contribution in [0.5, 0.6) is 0 Å². The van der Waals surface area contributed by atoms with Gasteiger partial charge < -0.3 is 0 Å². The molecular formula is C21H12OS4. The summed E-state index contributed by atoms with van der Waals surface area (Å²) in [5.41, 5.74) is 4.77. The van der Waals surface area contributed by atoms with E-state index in [1.54, 1.807) is 35.3 Å². The van der Waals surface area contributed by atoms with Crippen LogP contribution < -0.4 is 0 Å². The predicted octanol–water partition coefficient (Wildman–Crippen LogP) is 7.31. The molecule has 2 aliphatic heterocycles. The summed E-state index contributed by atoms with van der Waals surface area (Å²) >= 11 is 7.18. The van der Waals surface area contributed by atoms with Crippen LogP contribution >= 0.6 is 47.0 Å². The van der Waals surface area contributed by atoms with E-state index < -0.39 is 0 Å². The van der Waals surface area contributed by atoms with Crippen LogP contribution in [-0.4, -0.2) is 5.78 Å². The van der Waals surface area contributed by atoms with Gasteiger partial charge in [0, 0.05) is 16.0 Å². The average Bonchev–Trinajstić information content (AvgIpc) is 3.41. The van der Waals surface area contributed by atoms with Crippen molar-refractivity contribution < 1.29 is 4.79 Å². The van der Waals surface area contributed by atoms with Gasteiger partial charge in [0.1, 0.15) is 0 Å². The summed E-state index contributed by atoms with van der Waals surface area (Å²) in [6.45, 7) is 0. The lowest BCUT2D eigenvalue weighted by Crippen LogP contribution is -1.94. The highest BCUT2D eigenvalue weighted by molar-refractivity contribution is 8.33. The molecule has 0 aromatic heterocycles. The second-order valence-corrected chi connectivity index (χ2v) is 10.1. The molecule has 1 aliphatic carbocycles. The number of hydrogen-bond acceptors (Lipinski definition) is 5. The van der Waals surface area contributed by atoms with Crippen molar-refractivity contribution in [3.05, 3.63) is 94.8 Å². The second-order valence-electron chi connectivity index (χ2n) is 5.84. The van der Waals surface area contributed by atoms with Gasteiger partial charge in [-0.05, 0) is 45.1 Å². The average molecular weight is 409 g/mol. The summed E-state index contributed by atoms with van der Waals surface area (Å²) in [5.74, 6) is 0.130. The molecule has 2 aromatic rings. The zero-order valence-corrected chi connectivity index (χ0v) is 16.7. The van der Waals surface area contributed by atoms with Gasteiger partial charge >= 0.3 is 0 Å². The summed E-state index contributed by atoms with van der Waals surface area (Å²) in [7, 11) is 0. The van der Waals surface area contributed by atoms with Crippen LogP contribution in [0.4, 0.5) is 0 Å². The van der Waals surface area contributed by atoms with Crippen LogP contribution in [0.1, 0.15) is 21.5 Å². The first-order chi connectivity index (χ1) is 12.8. The fraction of sp³-hybridized carbons (Fsp3) is 0. The van der Waals surface area contributed by atoms with E-state index in [0.717, 1.165) is 27.8 Å². The van der Waals surface area contributed by atoms with Gasteiger partial charge in [0.25, 0.3) is 0 Å². The Hall–Kier alpha value is -1.53. The van der Waals surface area contributed by atoms with Crippen LogP contribution in [0.3, 0.4) is 0 Å². The van der Waals surface area contributed by atoms with E-state index in [4.69, 9.17) is 0 Å². The highest BCUT2D eigenvalue weighted by Gasteiger charge is 2.26. The molecule has 0 unspecified atom stereocenters. The first kappa shape index (κ1) is 16.6. The monoisotopic (exact) mass is 408 g/mol. The molecule has 0 saturated carbocycles. The van der Waals surface area contributed by atoms with Crippen LogP contribution in [0.15, 0.2) is 78.1 Å². The SMILES string of the molecule is O=C1c2ccccc2-c2ccc(/C=C/C3=CSC(=C4SC=CS4)S3)cc21. The second kappa shape index (κ2) is 6.89. The van der Waals surface area contributed by atoms with E-state index in [-0.39, 0.29) is 5.78 Å². The quantitative estimate of drug-likeness (QED) is 0.441. The van der Waals surface area contributed by atoms with E-state index in [1.807, 2.05) is 42.1 Å². The van der Waals surface area contributed by atoms with Crippen molar-refractivity contribution in [3.8, 4) is 11.1 Å². The van der Waals surface area contributed by atoms with Gasteiger partial charge in [-0.25, -0.2) is 0 Å². The maximum atomic E-state index is 12.6. The molecule has 0 saturated heterocycles. The molecule has 2 heterocycles. The van der Waals surface area contributed by atoms with Crippen molar-refractivity contribution in [2.75, 3.05) is 0 Å². The van der Waals surface area contributed by atoms with Crippen molar-refractivity contribution >= 4 is 58.9 Å². The van der Waals surface area contributed by atoms with Crippen LogP contribution in [0, 0.1) is 0 Å². The molecule has 0 spiro atoms. The number of carbonyl (C=O) groups excluding carboxylic acids is 1. The maximum absolute atomic E-state index is 12.6. The Kier molecular flexibility index (Phi) is 4.41. The van der Waals surface area contributed by atoms with Gasteiger partial charge in [-0.15, -0.1) is 0 Å². The minimum Gasteiger partial charge on any atom is -0.289 e. The first-order valence-corrected chi connectivity index (χ1v) is 11.5. The third kappa shape index (κ3) is 2.93. The number of fused-ring (bicyclic) bond motifs is 3. The Balaban J connectivity index is 1.37. The first-order valence-electron chi connectivity index (χ1n) is 8.03. The topological polar surface area (TPSA) is 17.1 Å². The Labute approximate surface area is 169 Å². The molecular weight excluding hydrogens is 396 g/mol. The van der Waals surface area contributed by atoms with Crippen LogP contribution in [-0.2, 0) is 0 Å². The van der Waals surface area contributed by atoms with E-state index >= 15 is 0 Å². The minimum absolute atomic E-state index is 0.130. The lowest BCUT2D eigenvalue weighted by molar-refractivity contribution is 0.104. The summed E-state index contributed by atoms with van der Waals surface area (Å²) in [6, 6.07) is 14.0. The van der Waals surface area contributed by atoms with Gasteiger partial charge in [0.2, 0.25) is 0 Å². The highest BCUT2D eigenvalue weighted by atomic mass is 32.2. The molecule has 0 N–H and O–H groups in total. The van der Waals surface area contributed by atoms with Crippen LogP contribution in [0.25, 0.3) is 17.2 Å². The van der Waals surface area contributed by atoms with E-state index in [0.29, 0.717) is 0 Å². The third-order valence-electron chi connectivity index (χ3n) is 4.26. The molecule has 126 valence electrons. The van der Waals surface area contributed by atoms with Crippen molar-refractivity contribution in [1.29, 1.82) is 0 Å². The smallest absolute Gasteiger partial charge is 0.194 e. The largest absolute Gasteiger partial charge is 0.289 e. The number of thioether (sulfide) groups is 4. The summed E-state index contributed by atoms with van der Waals surface area (Å²) in [5, 5.41) is 6.44. The maximum Gasteiger partial charge on any atom is 0.194 e. The Morgan fingerprint density at radius 3 is 2.35 bits per heavy atom. The zero-order chi connectivity index (χ0) is 17.5. The Morgan fingerprint density at radius 2 is 1.50 bits per heavy atom. The predicted molar refractivity (Wildman–Crippen MR) is 119 cm³/mol. The van der Waals surface area contributed by atoms with Crippen LogP contribution in [0.2, 0.25) is 0 Å². The molecule has 0 bridgehead atoms. The lowest BCUT2D eigenvalue weighted by atomic mass is 10.0. The number of allylic oxidation sites excluding steroid dienone is 1. The number of carbonyl (C=O) groups is 1. The summed E-state index contributed by atoms with van der Waals surface area (Å²) in [4.78, 5) is 13.9. The standard InChI is InChI=1S/C21H12OS4/c22-19-17-4-2-1-3-15(17)16-8-6-13(11-18(16)19)5-7-14-12-25-21(26-14)20-23-9-10-24-20/h1-12H/b7-5+. The van der Waals surface area contributed by atoms with E-state index in [2.05, 4.69) is 40.5 Å². The summed E-state index contributed by atoms with van der Waals surface area (Å²) < 4.78 is 2.71. The molecule has 0 amide bonds. The van der Waals surface area contributed by atoms with Crippen molar-refractivity contribution in [1.82, 2.24) is 0 Å². The lowest BCUT2D eigenvalue weighted by Gasteiger charge is -2.01. The zero-order valence-electron chi connectivity index (χ0n) is 13.5. The normalized spacial score (nSPS) is 18.0. The summed E-state index contributed by atoms with van der Waals surface area (Å²) in [6.07, 6.45) is 4.23. The van der Waals surface area contributed by atoms with E-state index in [1.165, 1.54) is 13.4 Å². The Bertz CT molecular complexity index is 1050. The van der Waals surface area contributed by atoms with Gasteiger partial charge in [0.15, 0.2) is 5.78 Å². The molecule has 0 radical (unpaired) electrons. The number of rotatable bonds is 2. The van der Waals surface area contributed by atoms with Crippen molar-refractivity contribution in [2.24, 2.45) is 0 Å². The molecule has 26 heavy (non-hydrogen) atoms. The molecule has 1 nitrogen and oxygen atoms in total. The van der Waals surface area contributed by atoms with Gasteiger partial charge in [-0.3, -0.25) is 4.79 Å². The van der Waals surface area contributed by atoms with E-state index in [9.17, 15) is 4.79 Å². The van der Waals surface area contributed by atoms with Crippen molar-refractivity contribution in [3.63, 3.8) is 0 Å². The molecule has 3 aliphatic rings. The fourth-order valence-corrected chi connectivity index (χ4v) is 7.41. The number of benzene rings is 2. The fourth-order valence-electron chi connectivity index (χ4n) is 3.06.